The lowest BCUT2D eigenvalue weighted by molar-refractivity contribution is -0.119. The number of aromatic amines is 1. The average molecular weight is 371 g/mol. The molecule has 1 saturated heterocycles. The smallest absolute Gasteiger partial charge is 0.245 e. The number of hydrogen-bond acceptors (Lipinski definition) is 5. The Labute approximate surface area is 150 Å². The molecule has 0 unspecified atom stereocenters. The number of hydrogen-bond donors (Lipinski definition) is 2. The molecule has 1 fully saturated rings. The number of nitrogens with zero attached hydrogens (tertiary/aromatic N) is 3. The fourth-order valence-corrected chi connectivity index (χ4v) is 4.91. The standard InChI is InChI=1S/C17H17N5O3S/c23-16(20-17-18-11-19-21-17)15-6-3-9-22(15)26(24,25)14-8-7-12-4-1-2-5-13(12)10-14/h1-2,4-5,7-8,10-11,15H,3,6,9H2,(H2,18,19,20,21,23)/t15-/m0/s1. The second-order valence-corrected chi connectivity index (χ2v) is 8.00. The molecule has 1 atom stereocenters. The first kappa shape index (κ1) is 16.7. The number of nitrogens with one attached hydrogen (secondary N) is 2. The Morgan fingerprint density at radius 1 is 1.19 bits per heavy atom. The van der Waals surface area contributed by atoms with E-state index in [2.05, 4.69) is 20.5 Å². The Morgan fingerprint density at radius 2 is 2.00 bits per heavy atom. The molecule has 26 heavy (non-hydrogen) atoms. The van der Waals surface area contributed by atoms with Crippen LogP contribution in [0.1, 0.15) is 12.8 Å². The summed E-state index contributed by atoms with van der Waals surface area (Å²) >= 11 is 0. The average Bonchev–Trinajstić information content (AvgIpc) is 3.33. The van der Waals surface area contributed by atoms with Gasteiger partial charge in [0.05, 0.1) is 4.90 Å². The van der Waals surface area contributed by atoms with Gasteiger partial charge in [0, 0.05) is 6.54 Å². The summed E-state index contributed by atoms with van der Waals surface area (Å²) in [6.07, 6.45) is 2.36. The van der Waals surface area contributed by atoms with Crippen molar-refractivity contribution in [2.75, 3.05) is 11.9 Å². The lowest BCUT2D eigenvalue weighted by atomic mass is 10.1. The Bertz CT molecular complexity index is 1050. The third-order valence-corrected chi connectivity index (χ3v) is 6.39. The van der Waals surface area contributed by atoms with Gasteiger partial charge in [-0.25, -0.2) is 13.5 Å². The highest BCUT2D eigenvalue weighted by atomic mass is 32.2. The van der Waals surface area contributed by atoms with Crippen LogP contribution in [-0.2, 0) is 14.8 Å². The number of carbonyl (C=O) groups is 1. The molecule has 2 heterocycles. The summed E-state index contributed by atoms with van der Waals surface area (Å²) in [5.41, 5.74) is 0. The third kappa shape index (κ3) is 2.95. The first-order valence-corrected chi connectivity index (χ1v) is 9.66. The Morgan fingerprint density at radius 3 is 2.77 bits per heavy atom. The van der Waals surface area contributed by atoms with Crippen LogP contribution in [0.4, 0.5) is 5.95 Å². The van der Waals surface area contributed by atoms with Gasteiger partial charge in [-0.15, -0.1) is 0 Å². The Kier molecular flexibility index (Phi) is 4.17. The predicted octanol–water partition coefficient (Wildman–Crippen LogP) is 1.75. The summed E-state index contributed by atoms with van der Waals surface area (Å²) in [5.74, 6) is -0.214. The van der Waals surface area contributed by atoms with Crippen molar-refractivity contribution in [3.05, 3.63) is 48.8 Å². The molecule has 2 aromatic carbocycles. The number of fused-ring (bicyclic) bond motifs is 1. The molecular formula is C17H17N5O3S. The second-order valence-electron chi connectivity index (χ2n) is 6.11. The molecule has 3 aromatic rings. The molecule has 0 aliphatic carbocycles. The van der Waals surface area contributed by atoms with Gasteiger partial charge in [0.25, 0.3) is 0 Å². The van der Waals surface area contributed by atoms with Gasteiger partial charge in [0.15, 0.2) is 0 Å². The number of aromatic nitrogens is 3. The first-order valence-electron chi connectivity index (χ1n) is 8.22. The Hall–Kier alpha value is -2.78. The van der Waals surface area contributed by atoms with E-state index in [0.717, 1.165) is 10.8 Å². The molecule has 0 spiro atoms. The van der Waals surface area contributed by atoms with E-state index in [1.54, 1.807) is 18.2 Å². The lowest BCUT2D eigenvalue weighted by Crippen LogP contribution is -2.43. The maximum atomic E-state index is 13.1. The fraction of sp³-hybridized carbons (Fsp3) is 0.235. The van der Waals surface area contributed by atoms with Crippen molar-refractivity contribution in [1.29, 1.82) is 0 Å². The summed E-state index contributed by atoms with van der Waals surface area (Å²) in [6.45, 7) is 0.309. The van der Waals surface area contributed by atoms with Crippen LogP contribution in [0.25, 0.3) is 10.8 Å². The van der Waals surface area contributed by atoms with Gasteiger partial charge in [-0.1, -0.05) is 30.3 Å². The van der Waals surface area contributed by atoms with Crippen molar-refractivity contribution in [3.8, 4) is 0 Å². The topological polar surface area (TPSA) is 108 Å². The summed E-state index contributed by atoms with van der Waals surface area (Å²) in [7, 11) is -3.78. The van der Waals surface area contributed by atoms with Crippen LogP contribution in [0.5, 0.6) is 0 Å². The SMILES string of the molecule is O=C(Nc1ncn[nH]1)[C@@H]1CCCN1S(=O)(=O)c1ccc2ccccc2c1. The number of carbonyl (C=O) groups excluding carboxylic acids is 1. The van der Waals surface area contributed by atoms with Gasteiger partial charge in [0.2, 0.25) is 21.9 Å². The molecule has 1 aliphatic rings. The largest absolute Gasteiger partial charge is 0.294 e. The van der Waals surface area contributed by atoms with Gasteiger partial charge < -0.3 is 0 Å². The highest BCUT2D eigenvalue weighted by Crippen LogP contribution is 2.28. The molecule has 1 aliphatic heterocycles. The van der Waals surface area contributed by atoms with Crippen LogP contribution in [0.2, 0.25) is 0 Å². The molecule has 8 nitrogen and oxygen atoms in total. The molecule has 1 aromatic heterocycles. The van der Waals surface area contributed by atoms with Crippen LogP contribution in [0.3, 0.4) is 0 Å². The first-order chi connectivity index (χ1) is 12.6. The number of sulfonamides is 1. The summed E-state index contributed by atoms with van der Waals surface area (Å²) in [6, 6.07) is 11.8. The van der Waals surface area contributed by atoms with E-state index in [1.165, 1.54) is 10.6 Å². The van der Waals surface area contributed by atoms with Crippen molar-refractivity contribution in [2.45, 2.75) is 23.8 Å². The number of amides is 1. The summed E-state index contributed by atoms with van der Waals surface area (Å²) in [4.78, 5) is 16.5. The van der Waals surface area contributed by atoms with Gasteiger partial charge in [-0.3, -0.25) is 10.1 Å². The lowest BCUT2D eigenvalue weighted by Gasteiger charge is -2.23. The van der Waals surface area contributed by atoms with Crippen molar-refractivity contribution < 1.29 is 13.2 Å². The number of anilines is 1. The van der Waals surface area contributed by atoms with E-state index < -0.39 is 22.0 Å². The van der Waals surface area contributed by atoms with Crippen LogP contribution in [0, 0.1) is 0 Å². The zero-order chi connectivity index (χ0) is 18.1. The van der Waals surface area contributed by atoms with E-state index in [4.69, 9.17) is 0 Å². The highest BCUT2D eigenvalue weighted by Gasteiger charge is 2.39. The minimum Gasteiger partial charge on any atom is -0.294 e. The molecule has 0 saturated carbocycles. The molecule has 0 bridgehead atoms. The minimum atomic E-state index is -3.78. The van der Waals surface area contributed by atoms with Gasteiger partial charge >= 0.3 is 0 Å². The molecule has 134 valence electrons. The van der Waals surface area contributed by atoms with Crippen LogP contribution >= 0.6 is 0 Å². The predicted molar refractivity (Wildman–Crippen MR) is 95.9 cm³/mol. The summed E-state index contributed by atoms with van der Waals surface area (Å²) < 4.78 is 27.5. The van der Waals surface area contributed by atoms with Crippen molar-refractivity contribution >= 4 is 32.7 Å². The molecule has 9 heteroatoms. The van der Waals surface area contributed by atoms with Crippen LogP contribution in [-0.4, -0.2) is 46.4 Å². The van der Waals surface area contributed by atoms with Gasteiger partial charge in [-0.05, 0) is 35.7 Å². The summed E-state index contributed by atoms with van der Waals surface area (Å²) in [5, 5.41) is 10.6. The molecule has 4 rings (SSSR count). The molecular weight excluding hydrogens is 354 g/mol. The fourth-order valence-electron chi connectivity index (χ4n) is 3.22. The van der Waals surface area contributed by atoms with E-state index in [1.807, 2.05) is 24.3 Å². The van der Waals surface area contributed by atoms with Crippen molar-refractivity contribution in [1.82, 2.24) is 19.5 Å². The van der Waals surface area contributed by atoms with Crippen LogP contribution < -0.4 is 5.32 Å². The van der Waals surface area contributed by atoms with E-state index >= 15 is 0 Å². The third-order valence-electron chi connectivity index (χ3n) is 4.49. The zero-order valence-electron chi connectivity index (χ0n) is 13.8. The van der Waals surface area contributed by atoms with Crippen LogP contribution in [0.15, 0.2) is 53.7 Å². The number of H-pyrrole nitrogens is 1. The number of benzene rings is 2. The Balaban J connectivity index is 1.63. The van der Waals surface area contributed by atoms with Crippen molar-refractivity contribution in [2.24, 2.45) is 0 Å². The molecule has 0 radical (unpaired) electrons. The van der Waals surface area contributed by atoms with E-state index in [0.29, 0.717) is 19.4 Å². The number of rotatable bonds is 4. The second kappa shape index (κ2) is 6.50. The minimum absolute atomic E-state index is 0.190. The van der Waals surface area contributed by atoms with Crippen molar-refractivity contribution in [3.63, 3.8) is 0 Å². The maximum absolute atomic E-state index is 13.1. The zero-order valence-corrected chi connectivity index (χ0v) is 14.6. The molecule has 2 N–H and O–H groups in total. The van der Waals surface area contributed by atoms with E-state index in [-0.39, 0.29) is 10.8 Å². The molecule has 1 amide bonds. The van der Waals surface area contributed by atoms with E-state index in [9.17, 15) is 13.2 Å². The highest BCUT2D eigenvalue weighted by molar-refractivity contribution is 7.89. The maximum Gasteiger partial charge on any atom is 0.245 e. The normalized spacial score (nSPS) is 18.2. The monoisotopic (exact) mass is 371 g/mol. The van der Waals surface area contributed by atoms with Gasteiger partial charge in [0.1, 0.15) is 12.4 Å². The quantitative estimate of drug-likeness (QED) is 0.726. The van der Waals surface area contributed by atoms with Gasteiger partial charge in [-0.2, -0.15) is 14.4 Å².